The van der Waals surface area contributed by atoms with E-state index in [2.05, 4.69) is 20.1 Å². The van der Waals surface area contributed by atoms with Crippen molar-refractivity contribution in [1.82, 2.24) is 9.80 Å². The van der Waals surface area contributed by atoms with Crippen molar-refractivity contribution < 1.29 is 24.2 Å². The summed E-state index contributed by atoms with van der Waals surface area (Å²) in [4.78, 5) is 48.4. The van der Waals surface area contributed by atoms with Crippen LogP contribution in [-0.4, -0.2) is 87.1 Å². The number of amides is 3. The van der Waals surface area contributed by atoms with E-state index in [1.165, 1.54) is 0 Å². The van der Waals surface area contributed by atoms with Crippen LogP contribution in [0, 0.1) is 17.8 Å². The quantitative estimate of drug-likeness (QED) is 0.372. The largest absolute Gasteiger partial charge is 0.494 e. The van der Waals surface area contributed by atoms with Gasteiger partial charge >= 0.3 is 0 Å². The van der Waals surface area contributed by atoms with Crippen molar-refractivity contribution in [2.45, 2.75) is 69.0 Å². The fourth-order valence-corrected chi connectivity index (χ4v) is 9.46. The van der Waals surface area contributed by atoms with E-state index in [4.69, 9.17) is 4.74 Å². The molecule has 3 fully saturated rings. The minimum atomic E-state index is -0.724. The van der Waals surface area contributed by atoms with E-state index in [1.54, 1.807) is 38.6 Å². The average Bonchev–Trinajstić information content (AvgIpc) is 3.52. The van der Waals surface area contributed by atoms with Gasteiger partial charge in [-0.05, 0) is 70.7 Å². The van der Waals surface area contributed by atoms with E-state index in [9.17, 15) is 19.5 Å². The van der Waals surface area contributed by atoms with E-state index in [-0.39, 0.29) is 42.0 Å². The molecule has 0 aromatic heterocycles. The molecule has 1 aromatic rings. The standard InChI is InChI=1S/C32H45N3O5S/c1-8-16-33(22-12-14-23(15-13-22)40-10-3)28(37)25-24-20-21(4)32(41-24)26(25)29(38)34(18-11-19-36)27(32)30(39)35(17-9-2)31(5,6)7/h8-9,12-15,21,24-27,36H,1-2,10-11,16-20H2,3-7H3/t21?,24-,25+,26+,27?,32?/m1/s1. The van der Waals surface area contributed by atoms with Crippen LogP contribution >= 0.6 is 11.8 Å². The van der Waals surface area contributed by atoms with Gasteiger partial charge in [-0.25, -0.2) is 0 Å². The normalized spacial score (nSPS) is 28.4. The van der Waals surface area contributed by atoms with Crippen molar-refractivity contribution >= 4 is 35.2 Å². The summed E-state index contributed by atoms with van der Waals surface area (Å²) in [5.41, 5.74) is 0.230. The van der Waals surface area contributed by atoms with Crippen molar-refractivity contribution in [2.24, 2.45) is 17.8 Å². The Morgan fingerprint density at radius 2 is 1.83 bits per heavy atom. The molecule has 0 aliphatic carbocycles. The molecule has 3 aliphatic heterocycles. The first-order valence-electron chi connectivity index (χ1n) is 14.6. The SMILES string of the molecule is C=CCN(C(=O)[C@@H]1[C@H]2C(=O)N(CCCO)C(C(=O)N(CC=C)C(C)(C)C)C23S[C@@H]1CC3C)c1ccc(OCC)cc1. The predicted octanol–water partition coefficient (Wildman–Crippen LogP) is 4.14. The lowest BCUT2D eigenvalue weighted by molar-refractivity contribution is -0.145. The number of aliphatic hydroxyl groups is 1. The Morgan fingerprint density at radius 3 is 2.39 bits per heavy atom. The lowest BCUT2D eigenvalue weighted by atomic mass is 9.65. The predicted molar refractivity (Wildman–Crippen MR) is 164 cm³/mol. The average molecular weight is 584 g/mol. The molecule has 2 bridgehead atoms. The summed E-state index contributed by atoms with van der Waals surface area (Å²) >= 11 is 1.67. The van der Waals surface area contributed by atoms with E-state index < -0.39 is 28.2 Å². The maximum atomic E-state index is 14.5. The molecule has 8 nitrogen and oxygen atoms in total. The number of likely N-dealkylation sites (tertiary alicyclic amines) is 1. The Hall–Kier alpha value is -2.78. The number of fused-ring (bicyclic) bond motifs is 1. The fraction of sp³-hybridized carbons (Fsp3) is 0.594. The summed E-state index contributed by atoms with van der Waals surface area (Å²) in [6, 6.07) is 6.68. The van der Waals surface area contributed by atoms with Crippen molar-refractivity contribution in [3.63, 3.8) is 0 Å². The maximum absolute atomic E-state index is 14.5. The third kappa shape index (κ3) is 5.31. The first-order valence-corrected chi connectivity index (χ1v) is 15.5. The Morgan fingerprint density at radius 1 is 1.17 bits per heavy atom. The summed E-state index contributed by atoms with van der Waals surface area (Å²) in [5.74, 6) is -0.794. The van der Waals surface area contributed by atoms with Gasteiger partial charge in [-0.3, -0.25) is 14.4 Å². The van der Waals surface area contributed by atoms with Crippen LogP contribution in [0.15, 0.2) is 49.6 Å². The second kappa shape index (κ2) is 12.2. The van der Waals surface area contributed by atoms with Crippen molar-refractivity contribution in [2.75, 3.05) is 37.7 Å². The summed E-state index contributed by atoms with van der Waals surface area (Å²) in [5, 5.41) is 9.60. The minimum Gasteiger partial charge on any atom is -0.494 e. The van der Waals surface area contributed by atoms with Crippen LogP contribution < -0.4 is 9.64 Å². The zero-order chi connectivity index (χ0) is 30.1. The molecule has 0 saturated carbocycles. The van der Waals surface area contributed by atoms with Crippen LogP contribution in [0.5, 0.6) is 5.75 Å². The van der Waals surface area contributed by atoms with Gasteiger partial charge in [0.15, 0.2) is 0 Å². The summed E-state index contributed by atoms with van der Waals surface area (Å²) in [6.07, 6.45) is 4.53. The summed E-state index contributed by atoms with van der Waals surface area (Å²) in [7, 11) is 0. The topological polar surface area (TPSA) is 90.4 Å². The van der Waals surface area contributed by atoms with E-state index in [0.29, 0.717) is 31.8 Å². The third-order valence-corrected chi connectivity index (χ3v) is 10.8. The van der Waals surface area contributed by atoms with Crippen LogP contribution in [0.1, 0.15) is 47.5 Å². The molecule has 3 unspecified atom stereocenters. The second-order valence-corrected chi connectivity index (χ2v) is 13.8. The number of hydrogen-bond donors (Lipinski definition) is 1. The smallest absolute Gasteiger partial charge is 0.247 e. The molecule has 1 spiro atoms. The molecule has 0 radical (unpaired) electrons. The number of nitrogens with zero attached hydrogens (tertiary/aromatic N) is 3. The van der Waals surface area contributed by atoms with Gasteiger partial charge in [-0.15, -0.1) is 24.9 Å². The Kier molecular flexibility index (Phi) is 9.29. The molecule has 6 atom stereocenters. The molecule has 1 N–H and O–H groups in total. The van der Waals surface area contributed by atoms with Gasteiger partial charge in [0.1, 0.15) is 11.8 Å². The van der Waals surface area contributed by atoms with Crippen molar-refractivity contribution in [3.8, 4) is 5.75 Å². The van der Waals surface area contributed by atoms with Crippen LogP contribution in [0.4, 0.5) is 5.69 Å². The zero-order valence-electron chi connectivity index (χ0n) is 25.0. The summed E-state index contributed by atoms with van der Waals surface area (Å²) < 4.78 is 4.86. The number of hydrogen-bond acceptors (Lipinski definition) is 6. The lowest BCUT2D eigenvalue weighted by Crippen LogP contribution is -2.60. The van der Waals surface area contributed by atoms with Crippen molar-refractivity contribution in [3.05, 3.63) is 49.6 Å². The summed E-state index contributed by atoms with van der Waals surface area (Å²) in [6.45, 7) is 19.1. The Balaban J connectivity index is 1.77. The van der Waals surface area contributed by atoms with Gasteiger partial charge in [0.05, 0.1) is 23.2 Å². The molecule has 9 heteroatoms. The minimum absolute atomic E-state index is 0.0625. The van der Waals surface area contributed by atoms with Gasteiger partial charge in [-0.1, -0.05) is 19.1 Å². The molecule has 41 heavy (non-hydrogen) atoms. The molecular weight excluding hydrogens is 538 g/mol. The number of carbonyl (C=O) groups is 3. The molecule has 3 saturated heterocycles. The van der Waals surface area contributed by atoms with Gasteiger partial charge < -0.3 is 24.5 Å². The first-order chi connectivity index (χ1) is 19.5. The number of aliphatic hydroxyl groups excluding tert-OH is 1. The van der Waals surface area contributed by atoms with E-state index in [0.717, 1.165) is 12.2 Å². The van der Waals surface area contributed by atoms with Crippen LogP contribution in [0.3, 0.4) is 0 Å². The van der Waals surface area contributed by atoms with Crippen molar-refractivity contribution in [1.29, 1.82) is 0 Å². The molecule has 1 aromatic carbocycles. The van der Waals surface area contributed by atoms with Crippen LogP contribution in [0.25, 0.3) is 0 Å². The molecule has 224 valence electrons. The van der Waals surface area contributed by atoms with E-state index in [1.807, 2.05) is 52.0 Å². The molecule has 4 rings (SSSR count). The molecule has 3 heterocycles. The van der Waals surface area contributed by atoms with Crippen LogP contribution in [-0.2, 0) is 14.4 Å². The number of ether oxygens (including phenoxy) is 1. The monoisotopic (exact) mass is 583 g/mol. The zero-order valence-corrected chi connectivity index (χ0v) is 25.9. The van der Waals surface area contributed by atoms with Crippen LogP contribution in [0.2, 0.25) is 0 Å². The van der Waals surface area contributed by atoms with Gasteiger partial charge in [-0.2, -0.15) is 0 Å². The number of anilines is 1. The Labute approximate surface area is 248 Å². The highest BCUT2D eigenvalue weighted by Crippen LogP contribution is 2.69. The number of thioether (sulfide) groups is 1. The second-order valence-electron chi connectivity index (χ2n) is 12.2. The van der Waals surface area contributed by atoms with Gasteiger partial charge in [0.2, 0.25) is 17.7 Å². The number of rotatable bonds is 12. The molecule has 3 amide bonds. The fourth-order valence-electron chi connectivity index (χ4n) is 7.05. The molecular formula is C32H45N3O5S. The van der Waals surface area contributed by atoms with Gasteiger partial charge in [0, 0.05) is 42.7 Å². The number of carbonyl (C=O) groups excluding carboxylic acids is 3. The lowest BCUT2D eigenvalue weighted by Gasteiger charge is -2.44. The maximum Gasteiger partial charge on any atom is 0.247 e. The highest BCUT2D eigenvalue weighted by molar-refractivity contribution is 8.02. The first kappa shape index (κ1) is 31.2. The molecule has 3 aliphatic rings. The number of benzene rings is 1. The van der Waals surface area contributed by atoms with E-state index >= 15 is 0 Å². The third-order valence-electron chi connectivity index (χ3n) is 8.75. The highest BCUT2D eigenvalue weighted by Gasteiger charge is 2.76. The van der Waals surface area contributed by atoms with Gasteiger partial charge in [0.25, 0.3) is 0 Å². The Bertz CT molecular complexity index is 1160. The highest BCUT2D eigenvalue weighted by atomic mass is 32.2.